The molecule has 0 aromatic heterocycles. The molecule has 0 saturated carbocycles. The van der Waals surface area contributed by atoms with Crippen molar-refractivity contribution in [3.63, 3.8) is 0 Å². The lowest BCUT2D eigenvalue weighted by Gasteiger charge is -2.32. The lowest BCUT2D eigenvalue weighted by molar-refractivity contribution is -0.0939. The molecule has 0 fully saturated rings. The largest absolute Gasteiger partial charge is 0.388 e. The molecule has 0 aliphatic heterocycles. The van der Waals surface area contributed by atoms with Gasteiger partial charge in [0, 0.05) is 31.3 Å². The molecule has 0 heterocycles. The molecule has 2 aliphatic rings. The van der Waals surface area contributed by atoms with E-state index < -0.39 is 40.0 Å². The summed E-state index contributed by atoms with van der Waals surface area (Å²) < 4.78 is 64.5. The number of halogens is 2. The van der Waals surface area contributed by atoms with Crippen molar-refractivity contribution >= 4 is 9.84 Å². The molecule has 1 N–H and O–H groups in total. The number of fused-ring (bicyclic) bond motifs is 2. The van der Waals surface area contributed by atoms with Crippen molar-refractivity contribution in [3.8, 4) is 6.07 Å². The number of sulfone groups is 1. The molecule has 0 unspecified atom stereocenters. The molecule has 2 aromatic rings. The molecule has 0 radical (unpaired) electrons. The van der Waals surface area contributed by atoms with Gasteiger partial charge in [-0.25, -0.2) is 17.2 Å². The fourth-order valence-corrected chi connectivity index (χ4v) is 5.95. The predicted octanol–water partition coefficient (Wildman–Crippen LogP) is 3.62. The third-order valence-corrected chi connectivity index (χ3v) is 7.39. The molecule has 32 heavy (non-hydrogen) atoms. The Kier molecular flexibility index (Phi) is 6.07. The van der Waals surface area contributed by atoms with Gasteiger partial charge in [0.2, 0.25) is 0 Å². The average Bonchev–Trinajstić information content (AvgIpc) is 3.06. The number of alkyl halides is 1. The summed E-state index contributed by atoms with van der Waals surface area (Å²) in [5, 5.41) is 20.1. The van der Waals surface area contributed by atoms with Crippen molar-refractivity contribution in [2.45, 2.75) is 48.5 Å². The highest BCUT2D eigenvalue weighted by molar-refractivity contribution is 7.90. The summed E-state index contributed by atoms with van der Waals surface area (Å²) in [5.41, 5.74) is 2.38. The topological polar surface area (TPSA) is 96.6 Å². The highest BCUT2D eigenvalue weighted by Crippen LogP contribution is 2.49. The highest BCUT2D eigenvalue weighted by atomic mass is 32.2. The molecule has 170 valence electrons. The normalized spacial score (nSPS) is 24.6. The van der Waals surface area contributed by atoms with E-state index in [1.807, 2.05) is 6.07 Å². The van der Waals surface area contributed by atoms with Crippen molar-refractivity contribution in [2.75, 3.05) is 20.2 Å². The maximum absolute atomic E-state index is 15.1. The summed E-state index contributed by atoms with van der Waals surface area (Å²) >= 11 is 0. The smallest absolute Gasteiger partial charge is 0.175 e. The SMILES string of the molecule is COCO[C@H]1c2c(S(C)(=O)=O)ccc([C@H]3CC[C@@H](O)c4cc(F)cc(C#N)c43)c2C[C@H]1F. The summed E-state index contributed by atoms with van der Waals surface area (Å²) in [6.07, 6.45) is -1.72. The van der Waals surface area contributed by atoms with Crippen LogP contribution < -0.4 is 0 Å². The zero-order valence-electron chi connectivity index (χ0n) is 17.6. The lowest BCUT2D eigenvalue weighted by Crippen LogP contribution is -2.19. The molecule has 0 spiro atoms. The van der Waals surface area contributed by atoms with Gasteiger partial charge in [0.15, 0.2) is 9.84 Å². The Labute approximate surface area is 185 Å². The zero-order valence-corrected chi connectivity index (χ0v) is 18.5. The fraction of sp³-hybridized carbons (Fsp3) is 0.435. The molecule has 4 rings (SSSR count). The quantitative estimate of drug-likeness (QED) is 0.681. The Bertz CT molecular complexity index is 1210. The van der Waals surface area contributed by atoms with E-state index in [1.54, 1.807) is 6.07 Å². The summed E-state index contributed by atoms with van der Waals surface area (Å²) in [7, 11) is -2.28. The second-order valence-corrected chi connectivity index (χ2v) is 10.2. The number of aliphatic hydroxyl groups is 1. The first-order chi connectivity index (χ1) is 15.2. The van der Waals surface area contributed by atoms with Crippen LogP contribution in [0.5, 0.6) is 0 Å². The summed E-state index contributed by atoms with van der Waals surface area (Å²) in [6, 6.07) is 7.42. The summed E-state index contributed by atoms with van der Waals surface area (Å²) in [4.78, 5) is -0.00631. The number of ether oxygens (including phenoxy) is 2. The minimum atomic E-state index is -3.67. The van der Waals surface area contributed by atoms with Gasteiger partial charge in [-0.15, -0.1) is 0 Å². The molecule has 0 amide bonds. The zero-order chi connectivity index (χ0) is 23.2. The van der Waals surface area contributed by atoms with E-state index >= 15 is 4.39 Å². The van der Waals surface area contributed by atoms with Gasteiger partial charge in [0.05, 0.1) is 22.6 Å². The van der Waals surface area contributed by atoms with Crippen molar-refractivity contribution in [1.29, 1.82) is 5.26 Å². The van der Waals surface area contributed by atoms with Crippen LogP contribution in [-0.2, 0) is 25.7 Å². The minimum absolute atomic E-state index is 0.00631. The van der Waals surface area contributed by atoms with E-state index in [4.69, 9.17) is 9.47 Å². The minimum Gasteiger partial charge on any atom is -0.388 e. The number of hydrogen-bond donors (Lipinski definition) is 1. The molecule has 0 bridgehead atoms. The molecule has 2 aliphatic carbocycles. The van der Waals surface area contributed by atoms with Crippen molar-refractivity contribution in [1.82, 2.24) is 0 Å². The second-order valence-electron chi connectivity index (χ2n) is 8.25. The van der Waals surface area contributed by atoms with Crippen LogP contribution in [0, 0.1) is 17.1 Å². The number of aliphatic hydroxyl groups excluding tert-OH is 1. The molecule has 2 aromatic carbocycles. The predicted molar refractivity (Wildman–Crippen MR) is 111 cm³/mol. The van der Waals surface area contributed by atoms with Gasteiger partial charge in [-0.1, -0.05) is 6.07 Å². The number of nitriles is 1. The van der Waals surface area contributed by atoms with Gasteiger partial charge in [0.1, 0.15) is 24.9 Å². The number of benzene rings is 2. The van der Waals surface area contributed by atoms with Crippen LogP contribution in [0.1, 0.15) is 64.3 Å². The van der Waals surface area contributed by atoms with Gasteiger partial charge >= 0.3 is 0 Å². The third-order valence-electron chi connectivity index (χ3n) is 6.24. The van der Waals surface area contributed by atoms with Gasteiger partial charge in [0.25, 0.3) is 0 Å². The fourth-order valence-electron chi connectivity index (χ4n) is 4.99. The van der Waals surface area contributed by atoms with Crippen LogP contribution in [0.3, 0.4) is 0 Å². The van der Waals surface area contributed by atoms with Crippen LogP contribution >= 0.6 is 0 Å². The van der Waals surface area contributed by atoms with Crippen LogP contribution in [0.4, 0.5) is 8.78 Å². The molecule has 9 heteroatoms. The number of rotatable bonds is 5. The lowest BCUT2D eigenvalue weighted by atomic mass is 9.74. The first-order valence-electron chi connectivity index (χ1n) is 10.2. The first kappa shape index (κ1) is 22.8. The number of nitrogens with zero attached hydrogens (tertiary/aromatic N) is 1. The monoisotopic (exact) mass is 463 g/mol. The summed E-state index contributed by atoms with van der Waals surface area (Å²) in [5.74, 6) is -1.03. The van der Waals surface area contributed by atoms with E-state index in [1.165, 1.54) is 19.2 Å². The molecule has 0 saturated heterocycles. The maximum atomic E-state index is 15.1. The van der Waals surface area contributed by atoms with Crippen molar-refractivity contribution < 1.29 is 31.8 Å². The number of methoxy groups -OCH3 is 1. The van der Waals surface area contributed by atoms with Crippen LogP contribution in [0.15, 0.2) is 29.2 Å². The Morgan fingerprint density at radius 1 is 1.22 bits per heavy atom. The average molecular weight is 464 g/mol. The second kappa shape index (κ2) is 8.52. The molecule has 4 atom stereocenters. The van der Waals surface area contributed by atoms with Gasteiger partial charge in [-0.3, -0.25) is 0 Å². The van der Waals surface area contributed by atoms with E-state index in [0.29, 0.717) is 35.1 Å². The maximum Gasteiger partial charge on any atom is 0.175 e. The summed E-state index contributed by atoms with van der Waals surface area (Å²) in [6.45, 7) is -0.200. The van der Waals surface area contributed by atoms with E-state index in [9.17, 15) is 23.2 Å². The third kappa shape index (κ3) is 3.82. The standard InChI is InChI=1S/C23H23F2NO5S/c1-30-11-31-23-18(25)9-16-14(4-6-20(22(16)23)32(2,28)29)15-3-5-19(27)17-8-13(24)7-12(10-26)21(15)17/h4,6-8,15,18-19,23,27H,3,5,9,11H2,1-2H3/t15-,18-,19-,23-/m1/s1. The van der Waals surface area contributed by atoms with Gasteiger partial charge in [-0.05, 0) is 53.3 Å². The van der Waals surface area contributed by atoms with E-state index in [2.05, 4.69) is 0 Å². The van der Waals surface area contributed by atoms with Crippen molar-refractivity contribution in [2.24, 2.45) is 0 Å². The molecule has 6 nitrogen and oxygen atoms in total. The first-order valence-corrected chi connectivity index (χ1v) is 12.1. The van der Waals surface area contributed by atoms with E-state index in [-0.39, 0.29) is 29.2 Å². The Morgan fingerprint density at radius 2 is 1.97 bits per heavy atom. The Morgan fingerprint density at radius 3 is 2.62 bits per heavy atom. The highest BCUT2D eigenvalue weighted by Gasteiger charge is 2.41. The number of hydrogen-bond acceptors (Lipinski definition) is 6. The Balaban J connectivity index is 1.94. The van der Waals surface area contributed by atoms with Crippen LogP contribution in [-0.4, -0.2) is 39.9 Å². The molecular formula is C23H23F2NO5S. The Hall–Kier alpha value is -2.38. The van der Waals surface area contributed by atoms with Gasteiger partial charge in [-0.2, -0.15) is 5.26 Å². The van der Waals surface area contributed by atoms with Crippen LogP contribution in [0.25, 0.3) is 0 Å². The van der Waals surface area contributed by atoms with Crippen molar-refractivity contribution in [3.05, 3.63) is 63.5 Å². The molecular weight excluding hydrogens is 440 g/mol. The van der Waals surface area contributed by atoms with E-state index in [0.717, 1.165) is 12.3 Å². The van der Waals surface area contributed by atoms with Gasteiger partial charge < -0.3 is 14.6 Å². The van der Waals surface area contributed by atoms with Crippen LogP contribution in [0.2, 0.25) is 0 Å².